The summed E-state index contributed by atoms with van der Waals surface area (Å²) in [6.07, 6.45) is 0.482. The quantitative estimate of drug-likeness (QED) is 0.351. The standard InChI is InChI=1S/C21H14Cl2N6O4S2/c1-2-11-9-13(24-21-25-26-27-29(21)35(32,33)18-8-7-17(23)34-18)4-6-16(11)28-19(30)14-5-3-12(22)10-15(14)20(28)31/h3-10H,2H2,1H3,(H,24,25,27). The van der Waals surface area contributed by atoms with Gasteiger partial charge in [-0.3, -0.25) is 9.59 Å². The molecule has 0 unspecified atom stereocenters. The second-order valence-corrected chi connectivity index (χ2v) is 11.5. The lowest BCUT2D eigenvalue weighted by Gasteiger charge is -2.19. The van der Waals surface area contributed by atoms with Crippen LogP contribution in [-0.4, -0.2) is 39.8 Å². The van der Waals surface area contributed by atoms with Crippen LogP contribution >= 0.6 is 34.5 Å². The summed E-state index contributed by atoms with van der Waals surface area (Å²) in [7, 11) is -4.07. The Morgan fingerprint density at radius 2 is 1.77 bits per heavy atom. The fourth-order valence-electron chi connectivity index (χ4n) is 3.66. The smallest absolute Gasteiger partial charge is 0.297 e. The van der Waals surface area contributed by atoms with Crippen LogP contribution in [0.3, 0.4) is 0 Å². The lowest BCUT2D eigenvalue weighted by Crippen LogP contribution is -2.30. The van der Waals surface area contributed by atoms with E-state index in [9.17, 15) is 18.0 Å². The van der Waals surface area contributed by atoms with Crippen molar-refractivity contribution >= 4 is 73.7 Å². The van der Waals surface area contributed by atoms with Gasteiger partial charge in [0, 0.05) is 10.7 Å². The van der Waals surface area contributed by atoms with Crippen molar-refractivity contribution in [3.63, 3.8) is 0 Å². The van der Waals surface area contributed by atoms with Crippen molar-refractivity contribution in [1.29, 1.82) is 0 Å². The number of halogens is 2. The fraction of sp³-hybridized carbons (Fsp3) is 0.0952. The maximum Gasteiger partial charge on any atom is 0.297 e. The molecule has 10 nitrogen and oxygen atoms in total. The Hall–Kier alpha value is -3.32. The summed E-state index contributed by atoms with van der Waals surface area (Å²) in [4.78, 5) is 27.1. The molecular formula is C21H14Cl2N6O4S2. The maximum absolute atomic E-state index is 13.0. The maximum atomic E-state index is 13.0. The largest absolute Gasteiger partial charge is 0.322 e. The van der Waals surface area contributed by atoms with Gasteiger partial charge in [0.25, 0.3) is 27.8 Å². The monoisotopic (exact) mass is 548 g/mol. The van der Waals surface area contributed by atoms with Gasteiger partial charge in [-0.2, -0.15) is 8.42 Å². The van der Waals surface area contributed by atoms with Crippen molar-refractivity contribution < 1.29 is 18.0 Å². The predicted octanol–water partition coefficient (Wildman–Crippen LogP) is 4.39. The fourth-order valence-corrected chi connectivity index (χ4v) is 6.50. The topological polar surface area (TPSA) is 127 Å². The summed E-state index contributed by atoms with van der Waals surface area (Å²) in [5.41, 5.74) is 2.07. The number of tetrazole rings is 1. The molecule has 4 aromatic rings. The number of hydrogen-bond acceptors (Lipinski definition) is 9. The van der Waals surface area contributed by atoms with E-state index in [0.29, 0.717) is 36.8 Å². The Morgan fingerprint density at radius 3 is 2.49 bits per heavy atom. The van der Waals surface area contributed by atoms with Crippen molar-refractivity contribution in [3.05, 3.63) is 74.6 Å². The molecule has 3 heterocycles. The number of anilines is 3. The molecule has 0 fully saturated rings. The molecule has 2 amide bonds. The molecule has 14 heteroatoms. The molecule has 0 bridgehead atoms. The van der Waals surface area contributed by atoms with Gasteiger partial charge >= 0.3 is 0 Å². The van der Waals surface area contributed by atoms with E-state index in [1.54, 1.807) is 24.3 Å². The minimum atomic E-state index is -4.07. The number of nitrogens with zero attached hydrogens (tertiary/aromatic N) is 5. The highest BCUT2D eigenvalue weighted by Crippen LogP contribution is 2.34. The van der Waals surface area contributed by atoms with Crippen LogP contribution in [0.4, 0.5) is 17.3 Å². The molecule has 1 aliphatic rings. The first kappa shape index (κ1) is 23.4. The average molecular weight is 549 g/mol. The molecule has 35 heavy (non-hydrogen) atoms. The number of aryl methyl sites for hydroxylation is 1. The molecule has 1 N–H and O–H groups in total. The van der Waals surface area contributed by atoms with E-state index >= 15 is 0 Å². The summed E-state index contributed by atoms with van der Waals surface area (Å²) in [6.45, 7) is 1.87. The number of benzene rings is 2. The van der Waals surface area contributed by atoms with Gasteiger partial charge in [-0.1, -0.05) is 39.3 Å². The third kappa shape index (κ3) is 3.97. The van der Waals surface area contributed by atoms with Crippen LogP contribution in [-0.2, 0) is 16.4 Å². The number of rotatable bonds is 6. The SMILES string of the molecule is CCc1cc(Nc2nnnn2S(=O)(=O)c2ccc(Cl)s2)ccc1N1C(=O)c2ccc(Cl)cc2C1=O. The van der Waals surface area contributed by atoms with Gasteiger partial charge in [-0.25, -0.2) is 4.90 Å². The van der Waals surface area contributed by atoms with Gasteiger partial charge in [0.05, 0.1) is 21.2 Å². The summed E-state index contributed by atoms with van der Waals surface area (Å²) in [5, 5.41) is 14.1. The first-order valence-electron chi connectivity index (χ1n) is 10.1. The number of imide groups is 1. The third-order valence-electron chi connectivity index (χ3n) is 5.28. The van der Waals surface area contributed by atoms with E-state index in [1.807, 2.05) is 6.92 Å². The van der Waals surface area contributed by atoms with Crippen LogP contribution in [0.2, 0.25) is 9.36 Å². The van der Waals surface area contributed by atoms with Crippen LogP contribution in [0.5, 0.6) is 0 Å². The highest BCUT2D eigenvalue weighted by Gasteiger charge is 2.37. The number of nitrogens with one attached hydrogen (secondary N) is 1. The van der Waals surface area contributed by atoms with Gasteiger partial charge in [-0.15, -0.1) is 11.3 Å². The molecule has 178 valence electrons. The normalized spacial score (nSPS) is 13.4. The van der Waals surface area contributed by atoms with Gasteiger partial charge in [0.15, 0.2) is 0 Å². The van der Waals surface area contributed by atoms with Crippen molar-refractivity contribution in [2.75, 3.05) is 10.2 Å². The van der Waals surface area contributed by atoms with Crippen LogP contribution in [0.25, 0.3) is 0 Å². The summed E-state index contributed by atoms with van der Waals surface area (Å²) >= 11 is 12.8. The van der Waals surface area contributed by atoms with Crippen LogP contribution < -0.4 is 10.2 Å². The minimum Gasteiger partial charge on any atom is -0.322 e. The van der Waals surface area contributed by atoms with Gasteiger partial charge < -0.3 is 5.32 Å². The molecule has 0 radical (unpaired) electrons. The number of hydrogen-bond donors (Lipinski definition) is 1. The molecule has 2 aromatic heterocycles. The molecular weight excluding hydrogens is 535 g/mol. The number of fused-ring (bicyclic) bond motifs is 1. The van der Waals surface area contributed by atoms with E-state index in [1.165, 1.54) is 24.3 Å². The predicted molar refractivity (Wildman–Crippen MR) is 131 cm³/mol. The van der Waals surface area contributed by atoms with Gasteiger partial charge in [0.2, 0.25) is 0 Å². The molecule has 0 saturated heterocycles. The van der Waals surface area contributed by atoms with E-state index in [4.69, 9.17) is 23.2 Å². The zero-order valence-corrected chi connectivity index (χ0v) is 20.9. The van der Waals surface area contributed by atoms with E-state index in [-0.39, 0.29) is 21.3 Å². The Kier molecular flexibility index (Phi) is 5.83. The second-order valence-electron chi connectivity index (χ2n) is 7.37. The molecule has 5 rings (SSSR count). The first-order valence-corrected chi connectivity index (χ1v) is 13.1. The zero-order chi connectivity index (χ0) is 24.9. The van der Waals surface area contributed by atoms with Gasteiger partial charge in [-0.05, 0) is 70.9 Å². The van der Waals surface area contributed by atoms with Crippen molar-refractivity contribution in [3.8, 4) is 0 Å². The summed E-state index contributed by atoms with van der Waals surface area (Å²) < 4.78 is 26.8. The van der Waals surface area contributed by atoms with Crippen molar-refractivity contribution in [1.82, 2.24) is 19.6 Å². The van der Waals surface area contributed by atoms with Crippen LogP contribution in [0.15, 0.2) is 52.7 Å². The molecule has 0 saturated carbocycles. The Balaban J connectivity index is 1.47. The molecule has 0 aliphatic carbocycles. The average Bonchev–Trinajstić information content (AvgIpc) is 3.54. The number of thiophene rings is 1. The molecule has 0 spiro atoms. The summed E-state index contributed by atoms with van der Waals surface area (Å²) in [5.74, 6) is -1.05. The number of amides is 2. The first-order chi connectivity index (χ1) is 16.7. The lowest BCUT2D eigenvalue weighted by molar-refractivity contribution is 0.0926. The van der Waals surface area contributed by atoms with Crippen LogP contribution in [0, 0.1) is 0 Å². The molecule has 1 aliphatic heterocycles. The van der Waals surface area contributed by atoms with Crippen molar-refractivity contribution in [2.45, 2.75) is 17.6 Å². The number of carbonyl (C=O) groups is 2. The number of carbonyl (C=O) groups excluding carboxylic acids is 2. The Morgan fingerprint density at radius 1 is 1.00 bits per heavy atom. The van der Waals surface area contributed by atoms with Gasteiger partial charge in [0.1, 0.15) is 4.21 Å². The lowest BCUT2D eigenvalue weighted by atomic mass is 10.1. The zero-order valence-electron chi connectivity index (χ0n) is 17.8. The highest BCUT2D eigenvalue weighted by atomic mass is 35.5. The van der Waals surface area contributed by atoms with Crippen molar-refractivity contribution in [2.24, 2.45) is 0 Å². The van der Waals surface area contributed by atoms with E-state index in [2.05, 4.69) is 20.8 Å². The highest BCUT2D eigenvalue weighted by molar-refractivity contribution is 7.92. The number of aromatic nitrogens is 4. The molecule has 2 aromatic carbocycles. The summed E-state index contributed by atoms with van der Waals surface area (Å²) in [6, 6.07) is 12.3. The Bertz CT molecular complexity index is 1620. The van der Waals surface area contributed by atoms with Crippen LogP contribution in [0.1, 0.15) is 33.2 Å². The van der Waals surface area contributed by atoms with E-state index in [0.717, 1.165) is 16.2 Å². The van der Waals surface area contributed by atoms with E-state index < -0.39 is 21.8 Å². The molecule has 0 atom stereocenters. The Labute approximate surface area is 213 Å². The second kappa shape index (κ2) is 8.72. The third-order valence-corrected chi connectivity index (χ3v) is 8.77. The minimum absolute atomic E-state index is 0.0202.